The Bertz CT molecular complexity index is 3320. The molecule has 0 amide bonds. The van der Waals surface area contributed by atoms with Crippen LogP contribution in [-0.4, -0.2) is 15.0 Å². The van der Waals surface area contributed by atoms with E-state index in [0.29, 0.717) is 11.4 Å². The zero-order valence-corrected chi connectivity index (χ0v) is 27.8. The zero-order valence-electron chi connectivity index (χ0n) is 34.0. The molecule has 51 heavy (non-hydrogen) atoms. The lowest BCUT2D eigenvalue weighted by molar-refractivity contribution is 1.08. The number of benzene rings is 8. The molecule has 0 aliphatic carbocycles. The summed E-state index contributed by atoms with van der Waals surface area (Å²) in [6.45, 7) is 0. The second-order valence-electron chi connectivity index (χ2n) is 12.3. The first-order chi connectivity index (χ1) is 28.2. The van der Waals surface area contributed by atoms with Crippen LogP contribution in [0, 0.1) is 0 Å². The summed E-state index contributed by atoms with van der Waals surface area (Å²) in [6.07, 6.45) is 0. The highest BCUT2D eigenvalue weighted by molar-refractivity contribution is 7.26. The smallest absolute Gasteiger partial charge is 0.165 e. The third-order valence-electron chi connectivity index (χ3n) is 9.22. The second-order valence-corrected chi connectivity index (χ2v) is 13.3. The number of thiophene rings is 1. The lowest BCUT2D eigenvalue weighted by atomic mass is 9.92. The SMILES string of the molecule is [2H]c1c([2H])c([2H])c2c(-c3nc(-c4cccc(-c5cc(-c6ccccc6)cc6ccccc56)c4)nc(-c4cccc5c4sc4ccccc45)n3)c([2H])c([2H])c([2H])c2c1[2H]. The molecule has 0 unspecified atom stereocenters. The third kappa shape index (κ3) is 5.16. The van der Waals surface area contributed by atoms with Crippen molar-refractivity contribution in [3.05, 3.63) is 176 Å². The standard InChI is InChI=1S/C47H29N3S/c1-2-13-30(14-3-1)35-28-32-16-5-7-21-37(32)42(29-35)33-18-10-19-34(27-33)45-48-46(40-24-11-17-31-15-4-6-20-36(31)40)50-47(49-45)41-25-12-23-39-38-22-8-9-26-43(38)51-44(39)41/h1-29H/i4D,6D,11D,15D,17D,20D,24D. The Labute approximate surface area is 309 Å². The molecule has 0 N–H and O–H groups in total. The lowest BCUT2D eigenvalue weighted by Crippen LogP contribution is -2.01. The highest BCUT2D eigenvalue weighted by atomic mass is 32.1. The number of hydrogen-bond acceptors (Lipinski definition) is 4. The summed E-state index contributed by atoms with van der Waals surface area (Å²) >= 11 is 1.61. The topological polar surface area (TPSA) is 38.7 Å². The van der Waals surface area contributed by atoms with E-state index in [0.717, 1.165) is 58.8 Å². The first kappa shape index (κ1) is 23.0. The van der Waals surface area contributed by atoms with Crippen LogP contribution in [0.2, 0.25) is 0 Å². The van der Waals surface area contributed by atoms with Gasteiger partial charge in [-0.15, -0.1) is 11.3 Å². The Morgan fingerprint density at radius 2 is 1.08 bits per heavy atom. The van der Waals surface area contributed by atoms with Crippen molar-refractivity contribution in [3.8, 4) is 56.4 Å². The van der Waals surface area contributed by atoms with E-state index in [1.807, 2.05) is 78.9 Å². The molecule has 0 spiro atoms. The fourth-order valence-electron chi connectivity index (χ4n) is 6.81. The van der Waals surface area contributed by atoms with Gasteiger partial charge < -0.3 is 0 Å². The van der Waals surface area contributed by atoms with E-state index in [4.69, 9.17) is 24.5 Å². The molecule has 4 heteroatoms. The van der Waals surface area contributed by atoms with E-state index in [1.54, 1.807) is 11.3 Å². The van der Waals surface area contributed by atoms with Crippen molar-refractivity contribution in [2.75, 3.05) is 0 Å². The van der Waals surface area contributed by atoms with E-state index < -0.39 is 42.3 Å². The molecule has 10 rings (SSSR count). The Morgan fingerprint density at radius 3 is 2.00 bits per heavy atom. The van der Waals surface area contributed by atoms with E-state index in [2.05, 4.69) is 54.6 Å². The van der Waals surface area contributed by atoms with Gasteiger partial charge in [-0.25, -0.2) is 15.0 Å². The summed E-state index contributed by atoms with van der Waals surface area (Å²) in [5.41, 5.74) is 5.43. The maximum atomic E-state index is 9.16. The number of nitrogens with zero attached hydrogens (tertiary/aromatic N) is 3. The van der Waals surface area contributed by atoms with Crippen LogP contribution in [-0.2, 0) is 0 Å². The lowest BCUT2D eigenvalue weighted by Gasteiger charge is -2.13. The summed E-state index contributed by atoms with van der Waals surface area (Å²) in [6, 6.07) is 41.6. The number of hydrogen-bond donors (Lipinski definition) is 0. The summed E-state index contributed by atoms with van der Waals surface area (Å²) in [7, 11) is 0. The van der Waals surface area contributed by atoms with E-state index in [-0.39, 0.29) is 28.0 Å². The molecule has 10 aromatic rings. The molecular formula is C47H29N3S. The minimum absolute atomic E-state index is 0.0337. The third-order valence-corrected chi connectivity index (χ3v) is 10.4. The summed E-state index contributed by atoms with van der Waals surface area (Å²) in [4.78, 5) is 15.0. The van der Waals surface area contributed by atoms with Gasteiger partial charge in [-0.1, -0.05) is 145 Å². The van der Waals surface area contributed by atoms with Gasteiger partial charge in [-0.05, 0) is 74.1 Å². The molecule has 238 valence electrons. The van der Waals surface area contributed by atoms with Crippen molar-refractivity contribution in [1.82, 2.24) is 15.0 Å². The van der Waals surface area contributed by atoms with Crippen molar-refractivity contribution in [3.63, 3.8) is 0 Å². The highest BCUT2D eigenvalue weighted by Crippen LogP contribution is 2.41. The highest BCUT2D eigenvalue weighted by Gasteiger charge is 2.18. The number of aromatic nitrogens is 3. The Hall–Kier alpha value is -6.49. The fourth-order valence-corrected chi connectivity index (χ4v) is 8.02. The molecule has 0 fully saturated rings. The van der Waals surface area contributed by atoms with Crippen molar-refractivity contribution < 1.29 is 9.60 Å². The molecule has 0 aliphatic heterocycles. The Balaban J connectivity index is 1.26. The molecule has 2 heterocycles. The van der Waals surface area contributed by atoms with Crippen molar-refractivity contribution in [2.24, 2.45) is 0 Å². The predicted octanol–water partition coefficient (Wildman–Crippen LogP) is 12.9. The van der Waals surface area contributed by atoms with Gasteiger partial charge in [0.05, 0.1) is 9.60 Å². The molecule has 0 aliphatic rings. The van der Waals surface area contributed by atoms with Crippen LogP contribution in [0.15, 0.2) is 176 Å². The van der Waals surface area contributed by atoms with Crippen LogP contribution < -0.4 is 0 Å². The monoisotopic (exact) mass is 674 g/mol. The largest absolute Gasteiger partial charge is 0.208 e. The van der Waals surface area contributed by atoms with E-state index in [9.17, 15) is 0 Å². The van der Waals surface area contributed by atoms with Gasteiger partial charge in [0.15, 0.2) is 17.5 Å². The molecule has 0 atom stereocenters. The van der Waals surface area contributed by atoms with Crippen molar-refractivity contribution >= 4 is 53.1 Å². The Morgan fingerprint density at radius 1 is 0.392 bits per heavy atom. The van der Waals surface area contributed by atoms with Gasteiger partial charge in [0, 0.05) is 36.9 Å². The van der Waals surface area contributed by atoms with Crippen LogP contribution in [0.25, 0.3) is 98.1 Å². The van der Waals surface area contributed by atoms with Crippen LogP contribution in [0.3, 0.4) is 0 Å². The molecule has 0 radical (unpaired) electrons. The summed E-state index contributed by atoms with van der Waals surface area (Å²) in [5, 5.41) is 4.04. The summed E-state index contributed by atoms with van der Waals surface area (Å²) < 4.78 is 63.3. The number of fused-ring (bicyclic) bond motifs is 5. The molecule has 0 bridgehead atoms. The van der Waals surface area contributed by atoms with Gasteiger partial charge in [-0.2, -0.15) is 0 Å². The van der Waals surface area contributed by atoms with Crippen molar-refractivity contribution in [2.45, 2.75) is 0 Å². The first-order valence-corrected chi connectivity index (χ1v) is 17.4. The van der Waals surface area contributed by atoms with Gasteiger partial charge in [0.2, 0.25) is 0 Å². The van der Waals surface area contributed by atoms with Crippen LogP contribution in [0.1, 0.15) is 9.60 Å². The van der Waals surface area contributed by atoms with Gasteiger partial charge in [0.1, 0.15) is 0 Å². The molecular weight excluding hydrogens is 639 g/mol. The van der Waals surface area contributed by atoms with E-state index >= 15 is 0 Å². The first-order valence-electron chi connectivity index (χ1n) is 20.0. The Kier molecular flexibility index (Phi) is 5.47. The minimum atomic E-state index is -0.525. The quantitative estimate of drug-likeness (QED) is 0.182. The number of rotatable bonds is 5. The molecule has 0 saturated heterocycles. The molecule has 3 nitrogen and oxygen atoms in total. The fraction of sp³-hybridized carbons (Fsp3) is 0. The second kappa shape index (κ2) is 12.1. The maximum Gasteiger partial charge on any atom is 0.165 e. The minimum Gasteiger partial charge on any atom is -0.208 e. The van der Waals surface area contributed by atoms with Gasteiger partial charge in [-0.3, -0.25) is 0 Å². The van der Waals surface area contributed by atoms with Crippen LogP contribution in [0.4, 0.5) is 0 Å². The van der Waals surface area contributed by atoms with Crippen LogP contribution >= 0.6 is 11.3 Å². The average molecular weight is 675 g/mol. The maximum absolute atomic E-state index is 9.16. The zero-order chi connectivity index (χ0) is 39.8. The predicted molar refractivity (Wildman–Crippen MR) is 215 cm³/mol. The average Bonchev–Trinajstić information content (AvgIpc) is 3.65. The summed E-state index contributed by atoms with van der Waals surface area (Å²) in [5.74, 6) is 0.542. The van der Waals surface area contributed by atoms with Gasteiger partial charge in [0.25, 0.3) is 0 Å². The normalized spacial score (nSPS) is 13.5. The van der Waals surface area contributed by atoms with Gasteiger partial charge >= 0.3 is 0 Å². The molecule has 8 aromatic carbocycles. The molecule has 2 aromatic heterocycles. The molecule has 0 saturated carbocycles. The van der Waals surface area contributed by atoms with Crippen molar-refractivity contribution in [1.29, 1.82) is 0 Å². The van der Waals surface area contributed by atoms with E-state index in [1.165, 1.54) is 0 Å². The van der Waals surface area contributed by atoms with Crippen LogP contribution in [0.5, 0.6) is 0 Å².